The van der Waals surface area contributed by atoms with Crippen molar-refractivity contribution in [3.63, 3.8) is 0 Å². The summed E-state index contributed by atoms with van der Waals surface area (Å²) in [6.07, 6.45) is 2.09. The fourth-order valence-corrected chi connectivity index (χ4v) is 1.24. The molecule has 13 heavy (non-hydrogen) atoms. The van der Waals surface area contributed by atoms with E-state index in [0.29, 0.717) is 24.3 Å². The van der Waals surface area contributed by atoms with Gasteiger partial charge in [-0.25, -0.2) is 4.79 Å². The van der Waals surface area contributed by atoms with Crippen molar-refractivity contribution in [1.82, 2.24) is 5.16 Å². The molecule has 0 aliphatic carbocycles. The largest absolute Gasteiger partial charge is 0.477 e. The zero-order valence-corrected chi connectivity index (χ0v) is 7.83. The van der Waals surface area contributed by atoms with Crippen LogP contribution in [0.1, 0.15) is 42.1 Å². The average molecular weight is 183 g/mol. The van der Waals surface area contributed by atoms with Crippen LogP contribution < -0.4 is 0 Å². The van der Waals surface area contributed by atoms with E-state index < -0.39 is 5.97 Å². The van der Waals surface area contributed by atoms with Crippen LogP contribution in [0, 0.1) is 0 Å². The summed E-state index contributed by atoms with van der Waals surface area (Å²) in [4.78, 5) is 10.8. The lowest BCUT2D eigenvalue weighted by Gasteiger charge is -1.94. The summed E-state index contributed by atoms with van der Waals surface area (Å²) in [5, 5.41) is 12.6. The Morgan fingerprint density at radius 3 is 2.69 bits per heavy atom. The first-order valence-electron chi connectivity index (χ1n) is 4.41. The van der Waals surface area contributed by atoms with Gasteiger partial charge in [0.15, 0.2) is 5.76 Å². The van der Waals surface area contributed by atoms with Crippen LogP contribution in [0.4, 0.5) is 0 Å². The van der Waals surface area contributed by atoms with Gasteiger partial charge < -0.3 is 9.63 Å². The minimum Gasteiger partial charge on any atom is -0.477 e. The monoisotopic (exact) mass is 183 g/mol. The Hall–Kier alpha value is -1.32. The fraction of sp³-hybridized carbons (Fsp3) is 0.556. The van der Waals surface area contributed by atoms with Gasteiger partial charge in [0.1, 0.15) is 5.56 Å². The predicted molar refractivity (Wildman–Crippen MR) is 46.8 cm³/mol. The van der Waals surface area contributed by atoms with Crippen molar-refractivity contribution in [2.75, 3.05) is 0 Å². The first-order valence-corrected chi connectivity index (χ1v) is 4.41. The van der Waals surface area contributed by atoms with Crippen molar-refractivity contribution in [3.8, 4) is 0 Å². The molecule has 0 unspecified atom stereocenters. The maximum atomic E-state index is 10.8. The van der Waals surface area contributed by atoms with Gasteiger partial charge in [-0.2, -0.15) is 0 Å². The van der Waals surface area contributed by atoms with Gasteiger partial charge in [0.25, 0.3) is 0 Å². The molecule has 1 N–H and O–H groups in total. The first-order chi connectivity index (χ1) is 6.20. The second kappa shape index (κ2) is 4.07. The van der Waals surface area contributed by atoms with Crippen molar-refractivity contribution >= 4 is 5.97 Å². The fourth-order valence-electron chi connectivity index (χ4n) is 1.24. The van der Waals surface area contributed by atoms with Gasteiger partial charge in [-0.15, -0.1) is 0 Å². The molecule has 0 atom stereocenters. The van der Waals surface area contributed by atoms with Crippen molar-refractivity contribution in [3.05, 3.63) is 17.0 Å². The molecule has 72 valence electrons. The summed E-state index contributed by atoms with van der Waals surface area (Å²) >= 11 is 0. The van der Waals surface area contributed by atoms with Crippen LogP contribution in [0.25, 0.3) is 0 Å². The van der Waals surface area contributed by atoms with Crippen LogP contribution in [-0.4, -0.2) is 16.2 Å². The Balaban J connectivity index is 3.06. The quantitative estimate of drug-likeness (QED) is 0.774. The SMILES string of the molecule is CCCc1onc(CC)c1C(=O)O. The molecule has 0 saturated carbocycles. The lowest BCUT2D eigenvalue weighted by molar-refractivity contribution is 0.0693. The zero-order chi connectivity index (χ0) is 9.84. The highest BCUT2D eigenvalue weighted by Gasteiger charge is 2.19. The lowest BCUT2D eigenvalue weighted by Crippen LogP contribution is -2.02. The third-order valence-electron chi connectivity index (χ3n) is 1.86. The van der Waals surface area contributed by atoms with Gasteiger partial charge in [0, 0.05) is 6.42 Å². The molecule has 0 amide bonds. The minimum absolute atomic E-state index is 0.254. The van der Waals surface area contributed by atoms with Crippen molar-refractivity contribution < 1.29 is 14.4 Å². The number of aromatic nitrogens is 1. The Labute approximate surface area is 76.5 Å². The van der Waals surface area contributed by atoms with Crippen molar-refractivity contribution in [1.29, 1.82) is 0 Å². The van der Waals surface area contributed by atoms with E-state index in [1.54, 1.807) is 0 Å². The molecule has 0 spiro atoms. The molecule has 0 radical (unpaired) electrons. The Bertz CT molecular complexity index is 304. The molecule has 0 saturated heterocycles. The van der Waals surface area contributed by atoms with E-state index in [1.807, 2.05) is 13.8 Å². The third kappa shape index (κ3) is 1.88. The van der Waals surface area contributed by atoms with Gasteiger partial charge in [-0.3, -0.25) is 0 Å². The average Bonchev–Trinajstić information content (AvgIpc) is 2.48. The molecule has 1 aromatic rings. The number of carboxylic acid groups (broad SMARTS) is 1. The number of rotatable bonds is 4. The van der Waals surface area contributed by atoms with E-state index >= 15 is 0 Å². The molecule has 1 heterocycles. The van der Waals surface area contributed by atoms with Gasteiger partial charge >= 0.3 is 5.97 Å². The summed E-state index contributed by atoms with van der Waals surface area (Å²) in [6.45, 7) is 3.83. The first kappa shape index (κ1) is 9.77. The standard InChI is InChI=1S/C9H13NO3/c1-3-5-7-8(9(11)12)6(4-2)10-13-7/h3-5H2,1-2H3,(H,11,12). The molecule has 0 bridgehead atoms. The summed E-state index contributed by atoms with van der Waals surface area (Å²) in [5.74, 6) is -0.451. The topological polar surface area (TPSA) is 63.3 Å². The molecule has 4 nitrogen and oxygen atoms in total. The molecule has 4 heteroatoms. The number of nitrogens with zero attached hydrogens (tertiary/aromatic N) is 1. The van der Waals surface area contributed by atoms with Crippen LogP contribution in [0.3, 0.4) is 0 Å². The molecule has 0 aromatic carbocycles. The van der Waals surface area contributed by atoms with Gasteiger partial charge in [-0.05, 0) is 12.8 Å². The van der Waals surface area contributed by atoms with Gasteiger partial charge in [0.05, 0.1) is 5.69 Å². The normalized spacial score (nSPS) is 10.3. The molecular weight excluding hydrogens is 170 g/mol. The summed E-state index contributed by atoms with van der Waals surface area (Å²) < 4.78 is 4.96. The number of carboxylic acids is 1. The highest BCUT2D eigenvalue weighted by Crippen LogP contribution is 2.16. The van der Waals surface area contributed by atoms with E-state index in [4.69, 9.17) is 9.63 Å². The maximum absolute atomic E-state index is 10.8. The molecular formula is C9H13NO3. The van der Waals surface area contributed by atoms with Crippen molar-refractivity contribution in [2.24, 2.45) is 0 Å². The molecule has 0 fully saturated rings. The Kier molecular flexibility index (Phi) is 3.06. The number of aryl methyl sites for hydroxylation is 2. The summed E-state index contributed by atoms with van der Waals surface area (Å²) in [7, 11) is 0. The minimum atomic E-state index is -0.943. The van der Waals surface area contributed by atoms with Crippen LogP contribution in [0.15, 0.2) is 4.52 Å². The molecule has 0 aliphatic rings. The van der Waals surface area contributed by atoms with Crippen LogP contribution in [0.2, 0.25) is 0 Å². The number of aromatic carboxylic acids is 1. The summed E-state index contributed by atoms with van der Waals surface area (Å²) in [5.41, 5.74) is 0.792. The Morgan fingerprint density at radius 1 is 1.54 bits per heavy atom. The second-order valence-electron chi connectivity index (χ2n) is 2.84. The number of hydrogen-bond donors (Lipinski definition) is 1. The van der Waals surface area contributed by atoms with E-state index in [-0.39, 0.29) is 5.56 Å². The van der Waals surface area contributed by atoms with Gasteiger partial charge in [-0.1, -0.05) is 19.0 Å². The smallest absolute Gasteiger partial charge is 0.341 e. The van der Waals surface area contributed by atoms with Gasteiger partial charge in [0.2, 0.25) is 0 Å². The highest BCUT2D eigenvalue weighted by molar-refractivity contribution is 5.89. The second-order valence-corrected chi connectivity index (χ2v) is 2.84. The Morgan fingerprint density at radius 2 is 2.23 bits per heavy atom. The predicted octanol–water partition coefficient (Wildman–Crippen LogP) is 1.89. The van der Waals surface area contributed by atoms with Crippen LogP contribution in [0.5, 0.6) is 0 Å². The van der Waals surface area contributed by atoms with E-state index in [1.165, 1.54) is 0 Å². The number of hydrogen-bond acceptors (Lipinski definition) is 3. The third-order valence-corrected chi connectivity index (χ3v) is 1.86. The van der Waals surface area contributed by atoms with E-state index in [0.717, 1.165) is 6.42 Å². The number of carbonyl (C=O) groups is 1. The maximum Gasteiger partial charge on any atom is 0.341 e. The van der Waals surface area contributed by atoms with Crippen molar-refractivity contribution in [2.45, 2.75) is 33.1 Å². The van der Waals surface area contributed by atoms with E-state index in [2.05, 4.69) is 5.16 Å². The molecule has 0 aliphatic heterocycles. The summed E-state index contributed by atoms with van der Waals surface area (Å²) in [6, 6.07) is 0. The van der Waals surface area contributed by atoms with E-state index in [9.17, 15) is 4.79 Å². The highest BCUT2D eigenvalue weighted by atomic mass is 16.5. The molecule has 1 aromatic heterocycles. The molecule has 1 rings (SSSR count). The van der Waals surface area contributed by atoms with Crippen LogP contribution in [-0.2, 0) is 12.8 Å². The zero-order valence-electron chi connectivity index (χ0n) is 7.83. The lowest BCUT2D eigenvalue weighted by atomic mass is 10.1. The van der Waals surface area contributed by atoms with Crippen LogP contribution >= 0.6 is 0 Å².